The standard InChI is InChI=1S/C16H21ClN2O2/c1-15(2)10-6-7-16(3,9-10)14(15)18-12-8-11(17)4-5-13(12)19(20)21/h4-5,8,10,14,18H,6-7,9H2,1-3H3. The van der Waals surface area contributed by atoms with Crippen LogP contribution < -0.4 is 5.32 Å². The van der Waals surface area contributed by atoms with Crippen LogP contribution in [0.1, 0.15) is 40.0 Å². The van der Waals surface area contributed by atoms with Gasteiger partial charge in [-0.3, -0.25) is 10.1 Å². The molecule has 2 bridgehead atoms. The molecule has 2 aliphatic carbocycles. The zero-order valence-corrected chi connectivity index (χ0v) is 13.4. The summed E-state index contributed by atoms with van der Waals surface area (Å²) in [7, 11) is 0. The van der Waals surface area contributed by atoms with Crippen LogP contribution >= 0.6 is 11.6 Å². The molecule has 0 radical (unpaired) electrons. The van der Waals surface area contributed by atoms with Crippen LogP contribution in [-0.4, -0.2) is 11.0 Å². The fraction of sp³-hybridized carbons (Fsp3) is 0.625. The molecular weight excluding hydrogens is 288 g/mol. The molecule has 1 aromatic carbocycles. The Labute approximate surface area is 130 Å². The molecule has 21 heavy (non-hydrogen) atoms. The summed E-state index contributed by atoms with van der Waals surface area (Å²) < 4.78 is 0. The lowest BCUT2D eigenvalue weighted by Crippen LogP contribution is -2.45. The molecule has 3 rings (SSSR count). The number of nitrogens with zero attached hydrogens (tertiary/aromatic N) is 1. The highest BCUT2D eigenvalue weighted by Crippen LogP contribution is 2.63. The molecular formula is C16H21ClN2O2. The fourth-order valence-corrected chi connectivity index (χ4v) is 4.77. The number of hydrogen-bond acceptors (Lipinski definition) is 3. The molecule has 0 spiro atoms. The van der Waals surface area contributed by atoms with Gasteiger partial charge in [0.15, 0.2) is 0 Å². The van der Waals surface area contributed by atoms with Gasteiger partial charge in [0.1, 0.15) is 5.69 Å². The first kappa shape index (κ1) is 14.6. The van der Waals surface area contributed by atoms with Gasteiger partial charge in [-0.2, -0.15) is 0 Å². The normalized spacial score (nSPS) is 33.1. The average Bonchev–Trinajstić information content (AvgIpc) is 2.85. The predicted octanol–water partition coefficient (Wildman–Crippen LogP) is 4.87. The molecule has 3 unspecified atom stereocenters. The Balaban J connectivity index is 1.97. The molecule has 4 nitrogen and oxygen atoms in total. The van der Waals surface area contributed by atoms with Crippen molar-refractivity contribution in [3.63, 3.8) is 0 Å². The summed E-state index contributed by atoms with van der Waals surface area (Å²) in [5, 5.41) is 15.2. The van der Waals surface area contributed by atoms with E-state index >= 15 is 0 Å². The molecule has 0 aliphatic heterocycles. The molecule has 2 aliphatic rings. The van der Waals surface area contributed by atoms with Crippen LogP contribution in [0.3, 0.4) is 0 Å². The molecule has 0 aromatic heterocycles. The van der Waals surface area contributed by atoms with Gasteiger partial charge in [-0.15, -0.1) is 0 Å². The highest BCUT2D eigenvalue weighted by atomic mass is 35.5. The lowest BCUT2D eigenvalue weighted by Gasteiger charge is -2.43. The number of nitrogens with one attached hydrogen (secondary N) is 1. The summed E-state index contributed by atoms with van der Waals surface area (Å²) >= 11 is 6.03. The van der Waals surface area contributed by atoms with E-state index in [1.165, 1.54) is 25.3 Å². The van der Waals surface area contributed by atoms with Gasteiger partial charge < -0.3 is 5.32 Å². The van der Waals surface area contributed by atoms with Gasteiger partial charge in [0.2, 0.25) is 0 Å². The fourth-order valence-electron chi connectivity index (χ4n) is 4.60. The van der Waals surface area contributed by atoms with Crippen molar-refractivity contribution in [2.24, 2.45) is 16.7 Å². The maximum absolute atomic E-state index is 11.2. The summed E-state index contributed by atoms with van der Waals surface area (Å²) in [5.41, 5.74) is 0.994. The summed E-state index contributed by atoms with van der Waals surface area (Å²) in [6, 6.07) is 4.96. The van der Waals surface area contributed by atoms with Crippen molar-refractivity contribution in [3.05, 3.63) is 33.3 Å². The van der Waals surface area contributed by atoms with Crippen LogP contribution in [-0.2, 0) is 0 Å². The summed E-state index contributed by atoms with van der Waals surface area (Å²) in [4.78, 5) is 10.9. The molecule has 0 amide bonds. The first-order valence-corrected chi connectivity index (χ1v) is 7.82. The number of nitro benzene ring substituents is 1. The molecule has 1 aromatic rings. The third kappa shape index (κ3) is 2.20. The van der Waals surface area contributed by atoms with Crippen LogP contribution in [0.2, 0.25) is 5.02 Å². The molecule has 2 saturated carbocycles. The van der Waals surface area contributed by atoms with Crippen molar-refractivity contribution >= 4 is 23.0 Å². The van der Waals surface area contributed by atoms with E-state index in [4.69, 9.17) is 11.6 Å². The second kappa shape index (κ2) is 4.60. The van der Waals surface area contributed by atoms with Crippen LogP contribution in [0.4, 0.5) is 11.4 Å². The summed E-state index contributed by atoms with van der Waals surface area (Å²) in [6.07, 6.45) is 3.65. The van der Waals surface area contributed by atoms with Crippen LogP contribution in [0.25, 0.3) is 0 Å². The monoisotopic (exact) mass is 308 g/mol. The van der Waals surface area contributed by atoms with Crippen molar-refractivity contribution in [1.29, 1.82) is 0 Å². The maximum atomic E-state index is 11.2. The van der Waals surface area contributed by atoms with Crippen LogP contribution in [0, 0.1) is 26.9 Å². The van der Waals surface area contributed by atoms with E-state index in [2.05, 4.69) is 26.1 Å². The Hall–Kier alpha value is -1.29. The molecule has 0 heterocycles. The number of benzene rings is 1. The number of halogens is 1. The van der Waals surface area contributed by atoms with Gasteiger partial charge in [0, 0.05) is 17.1 Å². The first-order chi connectivity index (χ1) is 9.74. The van der Waals surface area contributed by atoms with Crippen molar-refractivity contribution in [2.45, 2.75) is 46.1 Å². The SMILES string of the molecule is CC12CCC(C1)C(C)(C)C2Nc1cc(Cl)ccc1[N+](=O)[O-]. The zero-order chi connectivity index (χ0) is 15.4. The van der Waals surface area contributed by atoms with Crippen LogP contribution in [0.15, 0.2) is 18.2 Å². The van der Waals surface area contributed by atoms with E-state index in [1.807, 2.05) is 0 Å². The van der Waals surface area contributed by atoms with Crippen molar-refractivity contribution < 1.29 is 4.92 Å². The van der Waals surface area contributed by atoms with E-state index < -0.39 is 0 Å². The largest absolute Gasteiger partial charge is 0.376 e. The lowest BCUT2D eigenvalue weighted by atomic mass is 9.68. The van der Waals surface area contributed by atoms with Crippen molar-refractivity contribution in [3.8, 4) is 0 Å². The van der Waals surface area contributed by atoms with Gasteiger partial charge in [-0.1, -0.05) is 32.4 Å². The Bertz CT molecular complexity index is 597. The van der Waals surface area contributed by atoms with Gasteiger partial charge in [0.25, 0.3) is 5.69 Å². The third-order valence-corrected chi connectivity index (χ3v) is 5.96. The number of hydrogen-bond donors (Lipinski definition) is 1. The number of rotatable bonds is 3. The average molecular weight is 309 g/mol. The number of anilines is 1. The van der Waals surface area contributed by atoms with E-state index in [0.29, 0.717) is 16.6 Å². The zero-order valence-electron chi connectivity index (χ0n) is 12.6. The second-order valence-corrected chi connectivity index (χ2v) is 7.85. The molecule has 1 N–H and O–H groups in total. The van der Waals surface area contributed by atoms with Gasteiger partial charge >= 0.3 is 0 Å². The number of fused-ring (bicyclic) bond motifs is 2. The molecule has 2 fully saturated rings. The molecule has 0 saturated heterocycles. The topological polar surface area (TPSA) is 55.2 Å². The minimum atomic E-state index is -0.346. The Morgan fingerprint density at radius 3 is 2.67 bits per heavy atom. The van der Waals surface area contributed by atoms with Crippen molar-refractivity contribution in [2.75, 3.05) is 5.32 Å². The second-order valence-electron chi connectivity index (χ2n) is 7.41. The van der Waals surface area contributed by atoms with E-state index in [0.717, 1.165) is 0 Å². The minimum Gasteiger partial charge on any atom is -0.376 e. The first-order valence-electron chi connectivity index (χ1n) is 7.44. The number of nitro groups is 1. The predicted molar refractivity (Wildman–Crippen MR) is 84.7 cm³/mol. The van der Waals surface area contributed by atoms with Gasteiger partial charge in [0.05, 0.1) is 4.92 Å². The Morgan fingerprint density at radius 2 is 2.10 bits per heavy atom. The minimum absolute atomic E-state index is 0.0987. The Kier molecular flexibility index (Phi) is 3.21. The van der Waals surface area contributed by atoms with E-state index in [1.54, 1.807) is 12.1 Å². The van der Waals surface area contributed by atoms with E-state index in [-0.39, 0.29) is 27.5 Å². The lowest BCUT2D eigenvalue weighted by molar-refractivity contribution is -0.384. The quantitative estimate of drug-likeness (QED) is 0.640. The Morgan fingerprint density at radius 1 is 1.38 bits per heavy atom. The maximum Gasteiger partial charge on any atom is 0.292 e. The van der Waals surface area contributed by atoms with Gasteiger partial charge in [-0.05, 0) is 48.1 Å². The molecule has 5 heteroatoms. The molecule has 114 valence electrons. The van der Waals surface area contributed by atoms with Crippen molar-refractivity contribution in [1.82, 2.24) is 0 Å². The van der Waals surface area contributed by atoms with Gasteiger partial charge in [-0.25, -0.2) is 0 Å². The highest BCUT2D eigenvalue weighted by molar-refractivity contribution is 6.31. The van der Waals surface area contributed by atoms with E-state index in [9.17, 15) is 10.1 Å². The third-order valence-electron chi connectivity index (χ3n) is 5.72. The smallest absolute Gasteiger partial charge is 0.292 e. The summed E-state index contributed by atoms with van der Waals surface area (Å²) in [5.74, 6) is 0.693. The molecule has 3 atom stereocenters. The van der Waals surface area contributed by atoms with Crippen LogP contribution in [0.5, 0.6) is 0 Å². The highest BCUT2D eigenvalue weighted by Gasteiger charge is 2.59. The summed E-state index contributed by atoms with van der Waals surface area (Å²) in [6.45, 7) is 6.85.